The normalized spacial score (nSPS) is 12.0. The molecule has 0 aliphatic rings. The average Bonchev–Trinajstić information content (AvgIpc) is 2.50. The van der Waals surface area contributed by atoms with Gasteiger partial charge in [-0.2, -0.15) is 0 Å². The van der Waals surface area contributed by atoms with Crippen molar-refractivity contribution in [2.45, 2.75) is 77.8 Å². The van der Waals surface area contributed by atoms with Crippen molar-refractivity contribution in [2.24, 2.45) is 0 Å². The first-order chi connectivity index (χ1) is 8.99. The van der Waals surface area contributed by atoms with E-state index >= 15 is 0 Å². The highest BCUT2D eigenvalue weighted by atomic mass is 28.4. The maximum atomic E-state index is 7.62. The van der Waals surface area contributed by atoms with Crippen LogP contribution >= 0.6 is 0 Å². The fourth-order valence-electron chi connectivity index (χ4n) is 2.39. The summed E-state index contributed by atoms with van der Waals surface area (Å²) in [5.74, 6) is 0. The van der Waals surface area contributed by atoms with Gasteiger partial charge in [0.05, 0.1) is 13.2 Å². The van der Waals surface area contributed by atoms with E-state index in [1.165, 1.54) is 36.3 Å². The SMILES string of the molecule is CC[Si](CC)(CC)O[Si](CC)(CC)CC.OCCO. The first-order valence-electron chi connectivity index (χ1n) is 7.90. The minimum absolute atomic E-state index is 0.125. The second-order valence-corrected chi connectivity index (χ2v) is 14.8. The molecule has 0 bridgehead atoms. The second-order valence-electron chi connectivity index (χ2n) is 5.04. The molecule has 2 N–H and O–H groups in total. The van der Waals surface area contributed by atoms with E-state index in [0.29, 0.717) is 0 Å². The highest BCUT2D eigenvalue weighted by Crippen LogP contribution is 2.31. The van der Waals surface area contributed by atoms with Crippen LogP contribution in [0.3, 0.4) is 0 Å². The average molecular weight is 309 g/mol. The molecular weight excluding hydrogens is 272 g/mol. The molecular formula is C14H36O3Si2. The summed E-state index contributed by atoms with van der Waals surface area (Å²) in [5, 5.41) is 15.2. The standard InChI is InChI=1S/C12H30OSi2.C2H6O2/c1-7-14(8-2,9-3)13-15(10-4,11-5)12-6;3-1-2-4/h7-12H2,1-6H3;3-4H,1-2H2. The third kappa shape index (κ3) is 7.61. The fraction of sp³-hybridized carbons (Fsp3) is 1.00. The Balaban J connectivity index is 0. The van der Waals surface area contributed by atoms with Crippen LogP contribution in [0, 0.1) is 0 Å². The van der Waals surface area contributed by atoms with Gasteiger partial charge in [-0.25, -0.2) is 0 Å². The van der Waals surface area contributed by atoms with Gasteiger partial charge in [0.2, 0.25) is 0 Å². The van der Waals surface area contributed by atoms with E-state index in [2.05, 4.69) is 41.5 Å². The van der Waals surface area contributed by atoms with Crippen LogP contribution in [0.2, 0.25) is 36.3 Å². The molecule has 0 aromatic rings. The van der Waals surface area contributed by atoms with Crippen molar-refractivity contribution in [3.8, 4) is 0 Å². The van der Waals surface area contributed by atoms with Gasteiger partial charge in [0.25, 0.3) is 0 Å². The second kappa shape index (κ2) is 12.1. The maximum Gasteiger partial charge on any atom is 0.178 e. The Labute approximate surface area is 122 Å². The van der Waals surface area contributed by atoms with Crippen molar-refractivity contribution >= 4 is 16.6 Å². The van der Waals surface area contributed by atoms with Gasteiger partial charge in [-0.15, -0.1) is 0 Å². The lowest BCUT2D eigenvalue weighted by Crippen LogP contribution is -2.49. The lowest BCUT2D eigenvalue weighted by molar-refractivity contribution is 0.186. The molecule has 0 aliphatic carbocycles. The number of hydrogen-bond donors (Lipinski definition) is 2. The fourth-order valence-corrected chi connectivity index (χ4v) is 12.5. The molecule has 0 aromatic heterocycles. The molecule has 19 heavy (non-hydrogen) atoms. The van der Waals surface area contributed by atoms with Gasteiger partial charge < -0.3 is 14.3 Å². The van der Waals surface area contributed by atoms with E-state index in [0.717, 1.165) is 0 Å². The lowest BCUT2D eigenvalue weighted by atomic mass is 10.8. The molecule has 0 amide bonds. The maximum absolute atomic E-state index is 7.62. The van der Waals surface area contributed by atoms with Crippen LogP contribution in [0.1, 0.15) is 41.5 Å². The van der Waals surface area contributed by atoms with Crippen LogP contribution in [-0.4, -0.2) is 40.1 Å². The molecule has 0 aromatic carbocycles. The van der Waals surface area contributed by atoms with Gasteiger partial charge in [-0.05, 0) is 36.3 Å². The highest BCUT2D eigenvalue weighted by Gasteiger charge is 2.39. The van der Waals surface area contributed by atoms with Gasteiger partial charge >= 0.3 is 0 Å². The smallest absolute Gasteiger partial charge is 0.178 e. The molecule has 0 spiro atoms. The molecule has 0 saturated carbocycles. The summed E-state index contributed by atoms with van der Waals surface area (Å²) in [6.45, 7) is 13.7. The molecule has 0 aliphatic heterocycles. The zero-order valence-corrected chi connectivity index (χ0v) is 16.0. The van der Waals surface area contributed by atoms with Gasteiger partial charge in [-0.3, -0.25) is 0 Å². The summed E-state index contributed by atoms with van der Waals surface area (Å²) in [4.78, 5) is 0. The first-order valence-corrected chi connectivity index (χ1v) is 13.0. The minimum atomic E-state index is -1.35. The van der Waals surface area contributed by atoms with Crippen LogP contribution in [0.25, 0.3) is 0 Å². The Morgan fingerprint density at radius 1 is 0.579 bits per heavy atom. The van der Waals surface area contributed by atoms with Gasteiger partial charge in [-0.1, -0.05) is 41.5 Å². The zero-order chi connectivity index (χ0) is 15.4. The molecule has 0 rings (SSSR count). The third-order valence-corrected chi connectivity index (χ3v) is 15.6. The molecule has 0 radical (unpaired) electrons. The quantitative estimate of drug-likeness (QED) is 0.633. The lowest BCUT2D eigenvalue weighted by Gasteiger charge is -2.40. The van der Waals surface area contributed by atoms with Gasteiger partial charge in [0.1, 0.15) is 0 Å². The highest BCUT2D eigenvalue weighted by molar-refractivity contribution is 6.87. The first kappa shape index (κ1) is 21.6. The van der Waals surface area contributed by atoms with Crippen LogP contribution in [-0.2, 0) is 4.12 Å². The van der Waals surface area contributed by atoms with E-state index in [1.807, 2.05) is 0 Å². The number of aliphatic hydroxyl groups excluding tert-OH is 2. The summed E-state index contributed by atoms with van der Waals surface area (Å²) in [6.07, 6.45) is 0. The summed E-state index contributed by atoms with van der Waals surface area (Å²) in [6, 6.07) is 7.80. The molecule has 0 fully saturated rings. The Kier molecular flexibility index (Phi) is 13.7. The van der Waals surface area contributed by atoms with Gasteiger partial charge in [0, 0.05) is 0 Å². The summed E-state index contributed by atoms with van der Waals surface area (Å²) in [7, 11) is -2.71. The largest absolute Gasteiger partial charge is 0.455 e. The van der Waals surface area contributed by atoms with E-state index in [9.17, 15) is 0 Å². The van der Waals surface area contributed by atoms with Crippen LogP contribution < -0.4 is 0 Å². The van der Waals surface area contributed by atoms with Crippen molar-refractivity contribution in [1.82, 2.24) is 0 Å². The topological polar surface area (TPSA) is 49.7 Å². The predicted molar refractivity (Wildman–Crippen MR) is 89.7 cm³/mol. The van der Waals surface area contributed by atoms with E-state index in [-0.39, 0.29) is 13.2 Å². The van der Waals surface area contributed by atoms with Crippen molar-refractivity contribution < 1.29 is 14.3 Å². The zero-order valence-electron chi connectivity index (χ0n) is 14.0. The van der Waals surface area contributed by atoms with Crippen LogP contribution in [0.15, 0.2) is 0 Å². The van der Waals surface area contributed by atoms with E-state index in [1.54, 1.807) is 0 Å². The monoisotopic (exact) mass is 308 g/mol. The number of aliphatic hydroxyl groups is 2. The number of hydrogen-bond acceptors (Lipinski definition) is 3. The molecule has 0 saturated heterocycles. The Bertz CT molecular complexity index is 157. The Morgan fingerprint density at radius 3 is 0.895 bits per heavy atom. The van der Waals surface area contributed by atoms with Crippen molar-refractivity contribution in [2.75, 3.05) is 13.2 Å². The van der Waals surface area contributed by atoms with Crippen molar-refractivity contribution in [3.05, 3.63) is 0 Å². The predicted octanol–water partition coefficient (Wildman–Crippen LogP) is 3.98. The van der Waals surface area contributed by atoms with Crippen LogP contribution in [0.4, 0.5) is 0 Å². The molecule has 0 atom stereocenters. The Morgan fingerprint density at radius 2 is 0.789 bits per heavy atom. The summed E-state index contributed by atoms with van der Waals surface area (Å²) < 4.78 is 6.80. The van der Waals surface area contributed by atoms with Crippen LogP contribution in [0.5, 0.6) is 0 Å². The molecule has 0 heterocycles. The Hall–Kier alpha value is 0.314. The summed E-state index contributed by atoms with van der Waals surface area (Å²) >= 11 is 0. The van der Waals surface area contributed by atoms with E-state index in [4.69, 9.17) is 14.3 Å². The summed E-state index contributed by atoms with van der Waals surface area (Å²) in [5.41, 5.74) is 0. The van der Waals surface area contributed by atoms with E-state index < -0.39 is 16.6 Å². The third-order valence-electron chi connectivity index (χ3n) is 4.40. The van der Waals surface area contributed by atoms with Gasteiger partial charge in [0.15, 0.2) is 16.6 Å². The molecule has 0 unspecified atom stereocenters. The molecule has 5 heteroatoms. The van der Waals surface area contributed by atoms with Crippen molar-refractivity contribution in [1.29, 1.82) is 0 Å². The van der Waals surface area contributed by atoms with Crippen molar-refractivity contribution in [3.63, 3.8) is 0 Å². The molecule has 118 valence electrons. The molecule has 3 nitrogen and oxygen atoms in total. The number of rotatable bonds is 9. The minimum Gasteiger partial charge on any atom is -0.455 e.